The molecule has 11 nitrogen and oxygen atoms in total. The number of hydrogen-bond acceptors (Lipinski definition) is 11. The predicted molar refractivity (Wildman–Crippen MR) is 145 cm³/mol. The number of fused-ring (bicyclic) bond motifs is 1. The van der Waals surface area contributed by atoms with Gasteiger partial charge in [-0.15, -0.1) is 0 Å². The second kappa shape index (κ2) is 11.1. The summed E-state index contributed by atoms with van der Waals surface area (Å²) in [6, 6.07) is 13.1. The zero-order chi connectivity index (χ0) is 28.4. The van der Waals surface area contributed by atoms with E-state index in [4.69, 9.17) is 13.9 Å². The summed E-state index contributed by atoms with van der Waals surface area (Å²) in [5.74, 6) is -1.62. The average molecular weight is 566 g/mol. The molecular formula is C28H23NO10S. The highest BCUT2D eigenvalue weighted by Gasteiger charge is 2.31. The van der Waals surface area contributed by atoms with Gasteiger partial charge in [0.2, 0.25) is 17.1 Å². The molecule has 40 heavy (non-hydrogen) atoms. The molecule has 5 rings (SSSR count). The summed E-state index contributed by atoms with van der Waals surface area (Å²) < 4.78 is 17.3. The summed E-state index contributed by atoms with van der Waals surface area (Å²) in [5.41, 5.74) is 0.323. The number of carbonyl (C=O) groups excluding carboxylic acids is 2. The fourth-order valence-electron chi connectivity index (χ4n) is 4.14. The van der Waals surface area contributed by atoms with Crippen LogP contribution >= 0.6 is 11.8 Å². The molecule has 0 radical (unpaired) electrons. The minimum atomic E-state index is -0.686. The van der Waals surface area contributed by atoms with Gasteiger partial charge >= 0.3 is 0 Å². The van der Waals surface area contributed by atoms with Gasteiger partial charge in [0, 0.05) is 24.1 Å². The van der Waals surface area contributed by atoms with E-state index in [1.807, 2.05) is 12.1 Å². The molecule has 206 valence electrons. The van der Waals surface area contributed by atoms with E-state index in [1.165, 1.54) is 24.3 Å². The Balaban J connectivity index is 1.26. The van der Waals surface area contributed by atoms with Crippen LogP contribution in [0.5, 0.6) is 34.5 Å². The molecule has 0 aliphatic carbocycles. The highest BCUT2D eigenvalue weighted by molar-refractivity contribution is 8.15. The van der Waals surface area contributed by atoms with E-state index in [1.54, 1.807) is 12.1 Å². The molecule has 2 amide bonds. The van der Waals surface area contributed by atoms with Gasteiger partial charge in [-0.05, 0) is 42.3 Å². The summed E-state index contributed by atoms with van der Waals surface area (Å²) in [4.78, 5) is 36.3. The van der Waals surface area contributed by atoms with Gasteiger partial charge in [0.05, 0.1) is 18.5 Å². The third-order valence-corrected chi connectivity index (χ3v) is 7.05. The Morgan fingerprint density at radius 1 is 0.850 bits per heavy atom. The first-order chi connectivity index (χ1) is 19.2. The van der Waals surface area contributed by atoms with Gasteiger partial charge in [-0.3, -0.25) is 19.7 Å². The van der Waals surface area contributed by atoms with Crippen molar-refractivity contribution >= 4 is 33.9 Å². The number of rotatable bonds is 9. The fourth-order valence-corrected chi connectivity index (χ4v) is 5.00. The lowest BCUT2D eigenvalue weighted by Gasteiger charge is -2.13. The summed E-state index contributed by atoms with van der Waals surface area (Å²) in [5, 5.41) is 41.0. The molecule has 0 spiro atoms. The number of aromatic hydroxyl groups is 4. The van der Waals surface area contributed by atoms with Crippen LogP contribution in [0.25, 0.3) is 22.3 Å². The van der Waals surface area contributed by atoms with Crippen molar-refractivity contribution in [3.8, 4) is 45.8 Å². The highest BCUT2D eigenvalue weighted by atomic mass is 32.2. The van der Waals surface area contributed by atoms with Crippen LogP contribution in [0.15, 0.2) is 63.8 Å². The quantitative estimate of drug-likeness (QED) is 0.146. The molecule has 1 aliphatic rings. The largest absolute Gasteiger partial charge is 0.508 e. The molecule has 1 unspecified atom stereocenters. The van der Waals surface area contributed by atoms with Crippen molar-refractivity contribution in [3.05, 3.63) is 70.4 Å². The van der Waals surface area contributed by atoms with E-state index >= 15 is 0 Å². The number of thioether (sulfide) groups is 1. The molecule has 3 aromatic carbocycles. The zero-order valence-corrected chi connectivity index (χ0v) is 21.6. The van der Waals surface area contributed by atoms with Crippen LogP contribution in [0.3, 0.4) is 0 Å². The molecule has 4 aromatic rings. The van der Waals surface area contributed by atoms with Gasteiger partial charge in [0.15, 0.2) is 17.3 Å². The normalized spacial score (nSPS) is 14.8. The molecule has 0 saturated carbocycles. The first-order valence-electron chi connectivity index (χ1n) is 12.1. The smallest absolute Gasteiger partial charge is 0.286 e. The maximum absolute atomic E-state index is 13.3. The van der Waals surface area contributed by atoms with Crippen molar-refractivity contribution in [1.82, 2.24) is 5.32 Å². The second-order valence-corrected chi connectivity index (χ2v) is 10.1. The lowest BCUT2D eigenvalue weighted by molar-refractivity contribution is -0.118. The lowest BCUT2D eigenvalue weighted by atomic mass is 10.1. The summed E-state index contributed by atoms with van der Waals surface area (Å²) in [7, 11) is 0. The van der Waals surface area contributed by atoms with Crippen LogP contribution in [0.4, 0.5) is 4.79 Å². The number of nitrogens with one attached hydrogen (secondary N) is 1. The number of ether oxygens (including phenoxy) is 2. The van der Waals surface area contributed by atoms with Gasteiger partial charge in [-0.2, -0.15) is 0 Å². The van der Waals surface area contributed by atoms with Gasteiger partial charge in [-0.25, -0.2) is 0 Å². The Morgan fingerprint density at radius 2 is 1.60 bits per heavy atom. The standard InChI is InChI=1S/C28H23NO10S/c30-16-12-20(33)23-21(13-16)39-25(15-4-7-18(31)19(32)11-15)26(24(23)34)38-9-1-8-37-17-5-2-14(3-6-17)10-22-27(35)29-28(36)40-22/h2-7,11-13,22,30-33H,1,8-10H2,(H,29,35,36). The van der Waals surface area contributed by atoms with E-state index in [9.17, 15) is 34.8 Å². The Kier molecular flexibility index (Phi) is 7.43. The number of imide groups is 1. The van der Waals surface area contributed by atoms with Crippen LogP contribution < -0.4 is 20.2 Å². The number of hydrogen-bond donors (Lipinski definition) is 5. The van der Waals surface area contributed by atoms with E-state index in [2.05, 4.69) is 5.32 Å². The van der Waals surface area contributed by atoms with Crippen LogP contribution in [0, 0.1) is 0 Å². The number of phenols is 4. The number of phenolic OH excluding ortho intramolecular Hbond substituents is 4. The minimum absolute atomic E-state index is 0.0340. The Labute approximate surface area is 230 Å². The van der Waals surface area contributed by atoms with Crippen molar-refractivity contribution in [3.63, 3.8) is 0 Å². The number of benzene rings is 3. The molecule has 1 aromatic heterocycles. The molecule has 1 aliphatic heterocycles. The maximum Gasteiger partial charge on any atom is 0.286 e. The number of carbonyl (C=O) groups is 2. The summed E-state index contributed by atoms with van der Waals surface area (Å²) in [6.45, 7) is 0.272. The second-order valence-electron chi connectivity index (χ2n) is 8.91. The van der Waals surface area contributed by atoms with E-state index in [0.717, 1.165) is 23.4 Å². The van der Waals surface area contributed by atoms with E-state index in [-0.39, 0.29) is 63.9 Å². The topological polar surface area (TPSA) is 176 Å². The number of amides is 2. The van der Waals surface area contributed by atoms with Crippen molar-refractivity contribution in [2.45, 2.75) is 18.1 Å². The fraction of sp³-hybridized carbons (Fsp3) is 0.179. The molecule has 5 N–H and O–H groups in total. The minimum Gasteiger partial charge on any atom is -0.508 e. The van der Waals surface area contributed by atoms with Crippen LogP contribution in [0.1, 0.15) is 12.0 Å². The highest BCUT2D eigenvalue weighted by Crippen LogP contribution is 2.38. The van der Waals surface area contributed by atoms with Crippen LogP contribution in [0.2, 0.25) is 0 Å². The van der Waals surface area contributed by atoms with Crippen LogP contribution in [-0.2, 0) is 11.2 Å². The Morgan fingerprint density at radius 3 is 2.30 bits per heavy atom. The zero-order valence-electron chi connectivity index (χ0n) is 20.7. The average Bonchev–Trinajstić information content (AvgIpc) is 3.23. The van der Waals surface area contributed by atoms with Crippen molar-refractivity contribution in [2.24, 2.45) is 0 Å². The molecule has 1 fully saturated rings. The van der Waals surface area contributed by atoms with Crippen molar-refractivity contribution in [2.75, 3.05) is 13.2 Å². The van der Waals surface area contributed by atoms with E-state index in [0.29, 0.717) is 18.6 Å². The van der Waals surface area contributed by atoms with Gasteiger partial charge < -0.3 is 34.3 Å². The van der Waals surface area contributed by atoms with Gasteiger partial charge in [-0.1, -0.05) is 23.9 Å². The first-order valence-corrected chi connectivity index (χ1v) is 13.0. The molecule has 12 heteroatoms. The summed E-state index contributed by atoms with van der Waals surface area (Å²) >= 11 is 0.972. The van der Waals surface area contributed by atoms with Gasteiger partial charge in [0.25, 0.3) is 5.24 Å². The SMILES string of the molecule is O=C1NC(=O)C(Cc2ccc(OCCCOc3c(-c4ccc(O)c(O)c4)oc4cc(O)cc(O)c4c3=O)cc2)S1. The summed E-state index contributed by atoms with van der Waals surface area (Å²) in [6.07, 6.45) is 0.781. The predicted octanol–water partition coefficient (Wildman–Crippen LogP) is 4.02. The third-order valence-electron chi connectivity index (χ3n) is 6.07. The van der Waals surface area contributed by atoms with Crippen LogP contribution in [-0.4, -0.2) is 50.0 Å². The lowest BCUT2D eigenvalue weighted by Crippen LogP contribution is -2.25. The molecule has 0 bridgehead atoms. The van der Waals surface area contributed by atoms with E-state index < -0.39 is 22.2 Å². The van der Waals surface area contributed by atoms with Crippen molar-refractivity contribution in [1.29, 1.82) is 0 Å². The Hall–Kier alpha value is -4.84. The van der Waals surface area contributed by atoms with Gasteiger partial charge in [0.1, 0.15) is 28.2 Å². The molecule has 2 heterocycles. The maximum atomic E-state index is 13.3. The molecular weight excluding hydrogens is 542 g/mol. The molecule has 1 saturated heterocycles. The first kappa shape index (κ1) is 26.8. The molecule has 1 atom stereocenters. The Bertz CT molecular complexity index is 1670. The monoisotopic (exact) mass is 565 g/mol. The van der Waals surface area contributed by atoms with Crippen molar-refractivity contribution < 1.29 is 43.9 Å². The third kappa shape index (κ3) is 5.61.